The molecule has 4 aromatic rings. The molecular formula is C23H24N6O2S. The molecule has 0 saturated heterocycles. The number of hydrogen-bond acceptors (Lipinski definition) is 8. The van der Waals surface area contributed by atoms with Gasteiger partial charge in [0.1, 0.15) is 28.0 Å². The van der Waals surface area contributed by atoms with Gasteiger partial charge in [-0.1, -0.05) is 29.0 Å². The highest BCUT2D eigenvalue weighted by Crippen LogP contribution is 2.30. The van der Waals surface area contributed by atoms with Crippen LogP contribution in [-0.2, 0) is 11.3 Å². The quantitative estimate of drug-likeness (QED) is 0.363. The van der Waals surface area contributed by atoms with Gasteiger partial charge in [-0.05, 0) is 55.8 Å². The van der Waals surface area contributed by atoms with Crippen LogP contribution in [0.2, 0.25) is 0 Å². The van der Waals surface area contributed by atoms with Crippen molar-refractivity contribution in [1.82, 2.24) is 20.3 Å². The van der Waals surface area contributed by atoms with Crippen molar-refractivity contribution in [2.75, 3.05) is 17.3 Å². The summed E-state index contributed by atoms with van der Waals surface area (Å²) in [6.07, 6.45) is 1.69. The van der Waals surface area contributed by atoms with Gasteiger partial charge in [0, 0.05) is 25.5 Å². The molecule has 0 aliphatic rings. The second-order valence-corrected chi connectivity index (χ2v) is 8.50. The Labute approximate surface area is 190 Å². The Kier molecular flexibility index (Phi) is 6.29. The number of anilines is 4. The van der Waals surface area contributed by atoms with Gasteiger partial charge in [0.2, 0.25) is 0 Å². The summed E-state index contributed by atoms with van der Waals surface area (Å²) in [5, 5.41) is 15.9. The predicted octanol–water partition coefficient (Wildman–Crippen LogP) is 4.47. The number of carbonyl (C=O) groups is 1. The van der Waals surface area contributed by atoms with Crippen LogP contribution in [0.25, 0.3) is 10.3 Å². The van der Waals surface area contributed by atoms with Gasteiger partial charge < -0.3 is 20.6 Å². The minimum Gasteiger partial charge on any atom is -0.480 e. The Bertz CT molecular complexity index is 1240. The Morgan fingerprint density at radius 3 is 2.69 bits per heavy atom. The van der Waals surface area contributed by atoms with Crippen molar-refractivity contribution in [1.29, 1.82) is 0 Å². The maximum Gasteiger partial charge on any atom is 0.320 e. The number of rotatable bonds is 8. The molecule has 0 fully saturated rings. The first-order valence-corrected chi connectivity index (χ1v) is 11.0. The van der Waals surface area contributed by atoms with Crippen LogP contribution in [0.5, 0.6) is 0 Å². The summed E-state index contributed by atoms with van der Waals surface area (Å²) in [7, 11) is 1.99. The first-order valence-electron chi connectivity index (χ1n) is 10.1. The number of aromatic nitrogens is 3. The third-order valence-electron chi connectivity index (χ3n) is 5.05. The molecule has 32 heavy (non-hydrogen) atoms. The van der Waals surface area contributed by atoms with Crippen molar-refractivity contribution >= 4 is 50.1 Å². The summed E-state index contributed by atoms with van der Waals surface area (Å²) in [5.41, 5.74) is 4.02. The first kappa shape index (κ1) is 21.7. The van der Waals surface area contributed by atoms with Gasteiger partial charge in [0.25, 0.3) is 0 Å². The monoisotopic (exact) mass is 448 g/mol. The summed E-state index contributed by atoms with van der Waals surface area (Å²) in [4.78, 5) is 27.6. The summed E-state index contributed by atoms with van der Waals surface area (Å²) < 4.78 is 0. The molecule has 1 atom stereocenters. The van der Waals surface area contributed by atoms with Gasteiger partial charge in [-0.15, -0.1) is 0 Å². The Morgan fingerprint density at radius 1 is 1.16 bits per heavy atom. The van der Waals surface area contributed by atoms with E-state index in [-0.39, 0.29) is 0 Å². The van der Waals surface area contributed by atoms with E-state index in [1.807, 2.05) is 36.2 Å². The van der Waals surface area contributed by atoms with Crippen molar-refractivity contribution in [2.24, 2.45) is 0 Å². The molecule has 0 aliphatic carbocycles. The van der Waals surface area contributed by atoms with Gasteiger partial charge in [-0.3, -0.25) is 4.79 Å². The van der Waals surface area contributed by atoms with Crippen LogP contribution in [0.1, 0.15) is 18.1 Å². The SMILES string of the molecule is Cc1ccc(N(C)c2ccc3nc(Nc4cc(CN[C@H](C)C(=O)O)ccn4)sc3n2)cc1. The van der Waals surface area contributed by atoms with Gasteiger partial charge in [0.15, 0.2) is 5.13 Å². The van der Waals surface area contributed by atoms with E-state index in [4.69, 9.17) is 10.1 Å². The maximum absolute atomic E-state index is 11.0. The first-order chi connectivity index (χ1) is 15.4. The van der Waals surface area contributed by atoms with E-state index in [0.717, 1.165) is 27.4 Å². The van der Waals surface area contributed by atoms with Crippen LogP contribution in [0.3, 0.4) is 0 Å². The zero-order valence-corrected chi connectivity index (χ0v) is 18.8. The third kappa shape index (κ3) is 5.01. The lowest BCUT2D eigenvalue weighted by atomic mass is 10.2. The molecular weight excluding hydrogens is 424 g/mol. The van der Waals surface area contributed by atoms with E-state index in [0.29, 0.717) is 17.5 Å². The van der Waals surface area contributed by atoms with Crippen LogP contribution in [0.4, 0.5) is 22.5 Å². The molecule has 8 nitrogen and oxygen atoms in total. The highest BCUT2D eigenvalue weighted by molar-refractivity contribution is 7.21. The molecule has 1 aromatic carbocycles. The number of benzene rings is 1. The Morgan fingerprint density at radius 2 is 1.94 bits per heavy atom. The fraction of sp³-hybridized carbons (Fsp3) is 0.217. The summed E-state index contributed by atoms with van der Waals surface area (Å²) in [6, 6.07) is 15.3. The molecule has 0 bridgehead atoms. The summed E-state index contributed by atoms with van der Waals surface area (Å²) in [5.74, 6) is 0.602. The lowest BCUT2D eigenvalue weighted by Gasteiger charge is -2.18. The van der Waals surface area contributed by atoms with Crippen molar-refractivity contribution < 1.29 is 9.90 Å². The van der Waals surface area contributed by atoms with Gasteiger partial charge in [0.05, 0.1) is 0 Å². The van der Waals surface area contributed by atoms with Gasteiger partial charge in [-0.2, -0.15) is 0 Å². The highest BCUT2D eigenvalue weighted by Gasteiger charge is 2.12. The fourth-order valence-electron chi connectivity index (χ4n) is 3.07. The van der Waals surface area contributed by atoms with E-state index in [9.17, 15) is 4.79 Å². The number of aryl methyl sites for hydroxylation is 1. The van der Waals surface area contributed by atoms with Crippen LogP contribution in [0, 0.1) is 6.92 Å². The third-order valence-corrected chi connectivity index (χ3v) is 5.93. The van der Waals surface area contributed by atoms with Crippen molar-refractivity contribution in [3.05, 3.63) is 65.9 Å². The number of nitrogens with one attached hydrogen (secondary N) is 2. The number of carboxylic acids is 1. The van der Waals surface area contributed by atoms with Crippen molar-refractivity contribution in [3.63, 3.8) is 0 Å². The summed E-state index contributed by atoms with van der Waals surface area (Å²) >= 11 is 1.46. The fourth-order valence-corrected chi connectivity index (χ4v) is 3.91. The molecule has 0 spiro atoms. The Hall–Kier alpha value is -3.56. The van der Waals surface area contributed by atoms with E-state index >= 15 is 0 Å². The topological polar surface area (TPSA) is 103 Å². The minimum atomic E-state index is -0.883. The van der Waals surface area contributed by atoms with Crippen LogP contribution in [0.15, 0.2) is 54.7 Å². The number of fused-ring (bicyclic) bond motifs is 1. The molecule has 3 heterocycles. The number of carboxylic acid groups (broad SMARTS) is 1. The zero-order chi connectivity index (χ0) is 22.7. The number of hydrogen-bond donors (Lipinski definition) is 3. The number of pyridine rings is 2. The zero-order valence-electron chi connectivity index (χ0n) is 18.0. The lowest BCUT2D eigenvalue weighted by molar-refractivity contribution is -0.139. The van der Waals surface area contributed by atoms with Crippen molar-refractivity contribution in [2.45, 2.75) is 26.4 Å². The molecule has 164 valence electrons. The standard InChI is InChI=1S/C23H24N6O2S/c1-14-4-6-17(7-5-14)29(3)20-9-8-18-21(28-20)32-23(26-18)27-19-12-16(10-11-24-19)13-25-15(2)22(30)31/h4-12,15,25H,13H2,1-3H3,(H,30,31)(H,24,26,27)/t15-/m1/s1. The Balaban J connectivity index is 1.49. The normalized spacial score (nSPS) is 12.0. The second kappa shape index (κ2) is 9.29. The van der Waals surface area contributed by atoms with E-state index in [1.54, 1.807) is 13.1 Å². The number of aliphatic carboxylic acids is 1. The molecule has 0 amide bonds. The molecule has 0 saturated carbocycles. The van der Waals surface area contributed by atoms with Crippen molar-refractivity contribution in [3.8, 4) is 0 Å². The summed E-state index contributed by atoms with van der Waals surface area (Å²) in [6.45, 7) is 4.11. The molecule has 0 radical (unpaired) electrons. The molecule has 3 aromatic heterocycles. The van der Waals surface area contributed by atoms with Gasteiger partial charge in [-0.25, -0.2) is 15.0 Å². The van der Waals surface area contributed by atoms with Crippen LogP contribution in [-0.4, -0.2) is 39.1 Å². The number of nitrogens with zero attached hydrogens (tertiary/aromatic N) is 4. The van der Waals surface area contributed by atoms with Crippen LogP contribution < -0.4 is 15.5 Å². The predicted molar refractivity (Wildman–Crippen MR) is 128 cm³/mol. The molecule has 0 unspecified atom stereocenters. The lowest BCUT2D eigenvalue weighted by Crippen LogP contribution is -2.33. The molecule has 9 heteroatoms. The highest BCUT2D eigenvalue weighted by atomic mass is 32.1. The molecule has 4 rings (SSSR count). The van der Waals surface area contributed by atoms with Gasteiger partial charge >= 0.3 is 5.97 Å². The smallest absolute Gasteiger partial charge is 0.320 e. The number of thiazole rings is 1. The average Bonchev–Trinajstić information content (AvgIpc) is 3.19. The van der Waals surface area contributed by atoms with E-state index < -0.39 is 12.0 Å². The molecule has 0 aliphatic heterocycles. The molecule has 3 N–H and O–H groups in total. The second-order valence-electron chi connectivity index (χ2n) is 7.52. The average molecular weight is 449 g/mol. The largest absolute Gasteiger partial charge is 0.480 e. The van der Waals surface area contributed by atoms with E-state index in [2.05, 4.69) is 51.8 Å². The minimum absolute atomic E-state index is 0.431. The van der Waals surface area contributed by atoms with E-state index in [1.165, 1.54) is 16.9 Å². The maximum atomic E-state index is 11.0. The van der Waals surface area contributed by atoms with Crippen LogP contribution >= 0.6 is 11.3 Å².